The van der Waals surface area contributed by atoms with Gasteiger partial charge in [0.15, 0.2) is 0 Å². The summed E-state index contributed by atoms with van der Waals surface area (Å²) < 4.78 is 8.88. The fourth-order valence-electron chi connectivity index (χ4n) is 1.12. The van der Waals surface area contributed by atoms with Gasteiger partial charge < -0.3 is 19.6 Å². The van der Waals surface area contributed by atoms with Crippen LogP contribution in [-0.4, -0.2) is 39.7 Å². The van der Waals surface area contributed by atoms with Crippen molar-refractivity contribution in [1.82, 2.24) is 4.90 Å². The van der Waals surface area contributed by atoms with Crippen LogP contribution in [0, 0.1) is 0 Å². The zero-order chi connectivity index (χ0) is 13.2. The normalized spacial score (nSPS) is 13.2. The van der Waals surface area contributed by atoms with Gasteiger partial charge in [0, 0.05) is 6.04 Å². The molecular formula is C10H26NO4P. The van der Waals surface area contributed by atoms with Crippen LogP contribution < -0.4 is 0 Å². The summed E-state index contributed by atoms with van der Waals surface area (Å²) >= 11 is 0. The smallest absolute Gasteiger partial charge is 0.307 e. The Hall–Kier alpha value is 0.0700. The van der Waals surface area contributed by atoms with E-state index in [4.69, 9.17) is 19.2 Å². The van der Waals surface area contributed by atoms with Gasteiger partial charge in [-0.15, -0.1) is 0 Å². The number of hydrogen-bond donors (Lipinski definition) is 3. The highest BCUT2D eigenvalue weighted by atomic mass is 31.2. The van der Waals surface area contributed by atoms with Gasteiger partial charge in [-0.2, -0.15) is 0 Å². The summed E-state index contributed by atoms with van der Waals surface area (Å²) in [5, 5.41) is 0. The van der Waals surface area contributed by atoms with Crippen LogP contribution in [0.3, 0.4) is 0 Å². The molecule has 1 unspecified atom stereocenters. The van der Waals surface area contributed by atoms with Crippen molar-refractivity contribution in [2.75, 3.05) is 14.1 Å². The third kappa shape index (κ3) is 23.7. The Morgan fingerprint density at radius 1 is 1.12 bits per heavy atom. The maximum absolute atomic E-state index is 8.88. The van der Waals surface area contributed by atoms with Gasteiger partial charge >= 0.3 is 7.82 Å². The van der Waals surface area contributed by atoms with Crippen molar-refractivity contribution in [3.8, 4) is 0 Å². The van der Waals surface area contributed by atoms with Crippen LogP contribution in [0.2, 0.25) is 0 Å². The highest BCUT2D eigenvalue weighted by Gasteiger charge is 2.02. The fraction of sp³-hybridized carbons (Fsp3) is 1.00. The Labute approximate surface area is 98.7 Å². The Bertz CT molecular complexity index is 185. The van der Waals surface area contributed by atoms with E-state index in [0.717, 1.165) is 6.04 Å². The first-order valence-electron chi connectivity index (χ1n) is 5.63. The van der Waals surface area contributed by atoms with E-state index in [1.54, 1.807) is 0 Å². The minimum absolute atomic E-state index is 0.756. The molecule has 0 fully saturated rings. The molecule has 0 aromatic carbocycles. The Kier molecular flexibility index (Phi) is 11.8. The molecule has 0 amide bonds. The average molecular weight is 255 g/mol. The molecular weight excluding hydrogens is 229 g/mol. The summed E-state index contributed by atoms with van der Waals surface area (Å²) in [7, 11) is -0.324. The Morgan fingerprint density at radius 3 is 1.88 bits per heavy atom. The van der Waals surface area contributed by atoms with Crippen LogP contribution >= 0.6 is 7.82 Å². The number of hydrogen-bond acceptors (Lipinski definition) is 2. The van der Waals surface area contributed by atoms with E-state index in [2.05, 4.69) is 32.8 Å². The first-order valence-corrected chi connectivity index (χ1v) is 7.19. The minimum atomic E-state index is -4.64. The van der Waals surface area contributed by atoms with E-state index in [0.29, 0.717) is 0 Å². The van der Waals surface area contributed by atoms with E-state index in [1.807, 2.05) is 0 Å². The van der Waals surface area contributed by atoms with Gasteiger partial charge in [0.2, 0.25) is 0 Å². The lowest BCUT2D eigenvalue weighted by atomic mass is 10.1. The lowest BCUT2D eigenvalue weighted by Gasteiger charge is -2.19. The first-order chi connectivity index (χ1) is 7.18. The standard InChI is InChI=1S/C10H23N.H3O4P/c1-5-6-7-8-9-10(2)11(3)4;1-5(2,3)4/h10H,5-9H2,1-4H3;(H3,1,2,3,4). The summed E-state index contributed by atoms with van der Waals surface area (Å²) in [6.07, 6.45) is 6.91. The molecule has 0 aliphatic heterocycles. The monoisotopic (exact) mass is 255 g/mol. The molecule has 0 spiro atoms. The third-order valence-corrected chi connectivity index (χ3v) is 2.36. The molecule has 0 radical (unpaired) electrons. The Balaban J connectivity index is 0. The van der Waals surface area contributed by atoms with Gasteiger partial charge in [-0.3, -0.25) is 0 Å². The molecule has 3 N–H and O–H groups in total. The molecule has 0 saturated heterocycles. The number of rotatable bonds is 6. The summed E-state index contributed by atoms with van der Waals surface area (Å²) in [6, 6.07) is 0.756. The van der Waals surface area contributed by atoms with Crippen molar-refractivity contribution in [1.29, 1.82) is 0 Å². The van der Waals surface area contributed by atoms with Crippen molar-refractivity contribution in [3.05, 3.63) is 0 Å². The average Bonchev–Trinajstić information content (AvgIpc) is 2.09. The molecule has 1 atom stereocenters. The predicted molar refractivity (Wildman–Crippen MR) is 66.2 cm³/mol. The van der Waals surface area contributed by atoms with Crippen molar-refractivity contribution in [3.63, 3.8) is 0 Å². The molecule has 100 valence electrons. The highest BCUT2D eigenvalue weighted by molar-refractivity contribution is 7.45. The number of phosphoric acid groups is 1. The van der Waals surface area contributed by atoms with Crippen LogP contribution in [0.25, 0.3) is 0 Å². The van der Waals surface area contributed by atoms with Crippen molar-refractivity contribution < 1.29 is 19.2 Å². The lowest BCUT2D eigenvalue weighted by Crippen LogP contribution is -2.24. The number of nitrogens with zero attached hydrogens (tertiary/aromatic N) is 1. The van der Waals surface area contributed by atoms with Gasteiger partial charge in [0.05, 0.1) is 0 Å². The largest absolute Gasteiger partial charge is 0.466 e. The molecule has 0 rings (SSSR count). The van der Waals surface area contributed by atoms with Crippen LogP contribution in [0.5, 0.6) is 0 Å². The zero-order valence-electron chi connectivity index (χ0n) is 10.8. The third-order valence-electron chi connectivity index (χ3n) is 2.36. The van der Waals surface area contributed by atoms with E-state index >= 15 is 0 Å². The molecule has 0 bridgehead atoms. The summed E-state index contributed by atoms with van der Waals surface area (Å²) in [5.41, 5.74) is 0. The molecule has 0 saturated carbocycles. The van der Waals surface area contributed by atoms with Crippen molar-refractivity contribution >= 4 is 7.82 Å². The lowest BCUT2D eigenvalue weighted by molar-refractivity contribution is 0.275. The Morgan fingerprint density at radius 2 is 1.56 bits per heavy atom. The zero-order valence-corrected chi connectivity index (χ0v) is 11.7. The van der Waals surface area contributed by atoms with Gasteiger partial charge in [0.25, 0.3) is 0 Å². The highest BCUT2D eigenvalue weighted by Crippen LogP contribution is 2.25. The second kappa shape index (κ2) is 10.2. The van der Waals surface area contributed by atoms with Gasteiger partial charge in [-0.05, 0) is 27.4 Å². The van der Waals surface area contributed by atoms with Crippen molar-refractivity contribution in [2.45, 2.75) is 52.0 Å². The molecule has 16 heavy (non-hydrogen) atoms. The molecule has 6 heteroatoms. The van der Waals surface area contributed by atoms with Crippen LogP contribution in [-0.2, 0) is 4.57 Å². The van der Waals surface area contributed by atoms with Gasteiger partial charge in [0.1, 0.15) is 0 Å². The SMILES string of the molecule is CCCCCCC(C)N(C)C.O=P(O)(O)O. The van der Waals surface area contributed by atoms with Crippen LogP contribution in [0.4, 0.5) is 0 Å². The molecule has 5 nitrogen and oxygen atoms in total. The van der Waals surface area contributed by atoms with E-state index < -0.39 is 7.82 Å². The first kappa shape index (κ1) is 18.4. The molecule has 0 heterocycles. The fourth-order valence-corrected chi connectivity index (χ4v) is 1.12. The van der Waals surface area contributed by atoms with Crippen LogP contribution in [0.1, 0.15) is 46.0 Å². The summed E-state index contributed by atoms with van der Waals surface area (Å²) in [5.74, 6) is 0. The minimum Gasteiger partial charge on any atom is -0.307 e. The van der Waals surface area contributed by atoms with Crippen molar-refractivity contribution in [2.24, 2.45) is 0 Å². The molecule has 0 aromatic heterocycles. The molecule has 0 aliphatic carbocycles. The molecule has 0 aliphatic rings. The van der Waals surface area contributed by atoms with E-state index in [-0.39, 0.29) is 0 Å². The second-order valence-corrected chi connectivity index (χ2v) is 5.20. The predicted octanol–water partition coefficient (Wildman–Crippen LogP) is 1.98. The summed E-state index contributed by atoms with van der Waals surface area (Å²) in [6.45, 7) is 4.56. The van der Waals surface area contributed by atoms with Crippen LogP contribution in [0.15, 0.2) is 0 Å². The number of unbranched alkanes of at least 4 members (excludes halogenated alkanes) is 3. The van der Waals surface area contributed by atoms with Gasteiger partial charge in [-0.1, -0.05) is 32.6 Å². The molecule has 0 aromatic rings. The quantitative estimate of drug-likeness (QED) is 0.499. The topological polar surface area (TPSA) is 81.0 Å². The second-order valence-electron chi connectivity index (χ2n) is 4.18. The summed E-state index contributed by atoms with van der Waals surface area (Å²) in [4.78, 5) is 23.9. The van der Waals surface area contributed by atoms with E-state index in [9.17, 15) is 0 Å². The van der Waals surface area contributed by atoms with Gasteiger partial charge in [-0.25, -0.2) is 4.57 Å². The van der Waals surface area contributed by atoms with E-state index in [1.165, 1.54) is 32.1 Å². The maximum Gasteiger partial charge on any atom is 0.466 e. The maximum atomic E-state index is 8.88.